The lowest BCUT2D eigenvalue weighted by Gasteiger charge is -2.34. The lowest BCUT2D eigenvalue weighted by atomic mass is 9.87. The monoisotopic (exact) mass is 497 g/mol. The van der Waals surface area contributed by atoms with Gasteiger partial charge in [-0.3, -0.25) is 9.88 Å². The van der Waals surface area contributed by atoms with Gasteiger partial charge < -0.3 is 10.5 Å². The normalized spacial score (nSPS) is 17.8. The van der Waals surface area contributed by atoms with Crippen LogP contribution in [0.15, 0.2) is 42.5 Å². The summed E-state index contributed by atoms with van der Waals surface area (Å²) in [6.45, 7) is 7.39. The fraction of sp³-hybridized carbons (Fsp3) is 0.485. The number of benzene rings is 2. The third-order valence-electron chi connectivity index (χ3n) is 8.59. The van der Waals surface area contributed by atoms with Gasteiger partial charge in [-0.1, -0.05) is 44.2 Å². The summed E-state index contributed by atoms with van der Waals surface area (Å²) < 4.78 is 6.79. The molecule has 2 aliphatic rings. The molecule has 1 heterocycles. The van der Waals surface area contributed by atoms with Crippen LogP contribution < -0.4 is 10.5 Å². The molecule has 0 spiro atoms. The average Bonchev–Trinajstić information content (AvgIpc) is 3.43. The lowest BCUT2D eigenvalue weighted by molar-refractivity contribution is 0.189. The van der Waals surface area contributed by atoms with Crippen LogP contribution >= 0.6 is 0 Å². The molecule has 0 amide bonds. The molecule has 0 radical (unpaired) electrons. The van der Waals surface area contributed by atoms with Crippen LogP contribution in [-0.4, -0.2) is 23.0 Å². The van der Waals surface area contributed by atoms with Crippen molar-refractivity contribution in [3.8, 4) is 17.0 Å². The highest BCUT2D eigenvalue weighted by molar-refractivity contribution is 5.75. The number of aryl methyl sites for hydroxylation is 3. The first-order valence-electron chi connectivity index (χ1n) is 14.4. The standard InChI is InChI=1S/C33H43N3O/c1-5-23-18-19-29(34)26(6-2)33(23)30-20-32(37-25-14-8-9-15-25)28(22(3)35-30)21-36(4)31-17-11-13-24-12-7-10-16-27(24)31/h7,10,12,16,18-20,25,31H,5-6,8-9,11,13-15,17,21,34H2,1-4H3. The Morgan fingerprint density at radius 3 is 2.51 bits per heavy atom. The van der Waals surface area contributed by atoms with E-state index in [9.17, 15) is 0 Å². The van der Waals surface area contributed by atoms with E-state index in [0.29, 0.717) is 12.1 Å². The van der Waals surface area contributed by atoms with Gasteiger partial charge in [-0.05, 0) is 100 Å². The van der Waals surface area contributed by atoms with E-state index in [1.54, 1.807) is 0 Å². The van der Waals surface area contributed by atoms with Gasteiger partial charge in [0.25, 0.3) is 0 Å². The van der Waals surface area contributed by atoms with E-state index in [1.165, 1.54) is 65.5 Å². The summed E-state index contributed by atoms with van der Waals surface area (Å²) in [4.78, 5) is 7.73. The Kier molecular flexibility index (Phi) is 7.85. The highest BCUT2D eigenvalue weighted by atomic mass is 16.5. The fourth-order valence-electron chi connectivity index (χ4n) is 6.53. The zero-order valence-corrected chi connectivity index (χ0v) is 23.1. The number of nitrogens with two attached hydrogens (primary N) is 1. The van der Waals surface area contributed by atoms with Crippen LogP contribution in [-0.2, 0) is 25.8 Å². The number of nitrogen functional groups attached to an aromatic ring is 1. The first-order chi connectivity index (χ1) is 18.0. The first kappa shape index (κ1) is 25.8. The maximum atomic E-state index is 6.79. The second-order valence-electron chi connectivity index (χ2n) is 11.0. The third kappa shape index (κ3) is 5.27. The van der Waals surface area contributed by atoms with E-state index in [0.717, 1.165) is 55.1 Å². The minimum absolute atomic E-state index is 0.297. The molecule has 1 atom stereocenters. The van der Waals surface area contributed by atoms with E-state index in [4.69, 9.17) is 15.5 Å². The molecule has 196 valence electrons. The zero-order chi connectivity index (χ0) is 25.9. The van der Waals surface area contributed by atoms with Crippen LogP contribution in [0.3, 0.4) is 0 Å². The largest absolute Gasteiger partial charge is 0.490 e. The number of nitrogens with zero attached hydrogens (tertiary/aromatic N) is 2. The van der Waals surface area contributed by atoms with Crippen molar-refractivity contribution in [3.05, 3.63) is 76.0 Å². The number of rotatable bonds is 8. The molecule has 0 bridgehead atoms. The molecular formula is C33H43N3O. The molecule has 0 aliphatic heterocycles. The number of hydrogen-bond acceptors (Lipinski definition) is 4. The molecule has 1 aromatic heterocycles. The molecule has 3 aromatic rings. The van der Waals surface area contributed by atoms with Crippen molar-refractivity contribution < 1.29 is 4.74 Å². The van der Waals surface area contributed by atoms with E-state index >= 15 is 0 Å². The van der Waals surface area contributed by atoms with Crippen LogP contribution in [0.4, 0.5) is 5.69 Å². The number of hydrogen-bond donors (Lipinski definition) is 1. The summed E-state index contributed by atoms with van der Waals surface area (Å²) in [6.07, 6.45) is 10.5. The molecule has 2 N–H and O–H groups in total. The molecular weight excluding hydrogens is 454 g/mol. The second-order valence-corrected chi connectivity index (χ2v) is 11.0. The van der Waals surface area contributed by atoms with Crippen molar-refractivity contribution in [1.29, 1.82) is 0 Å². The number of anilines is 1. The fourth-order valence-corrected chi connectivity index (χ4v) is 6.53. The van der Waals surface area contributed by atoms with Gasteiger partial charge in [0.15, 0.2) is 0 Å². The van der Waals surface area contributed by atoms with Gasteiger partial charge in [-0.15, -0.1) is 0 Å². The predicted molar refractivity (Wildman–Crippen MR) is 154 cm³/mol. The van der Waals surface area contributed by atoms with Crippen molar-refractivity contribution in [2.24, 2.45) is 0 Å². The number of fused-ring (bicyclic) bond motifs is 1. The number of pyridine rings is 1. The van der Waals surface area contributed by atoms with E-state index in [2.05, 4.69) is 75.2 Å². The summed E-state index contributed by atoms with van der Waals surface area (Å²) in [7, 11) is 2.27. The lowest BCUT2D eigenvalue weighted by Crippen LogP contribution is -2.28. The Morgan fingerprint density at radius 2 is 1.76 bits per heavy atom. The smallest absolute Gasteiger partial charge is 0.128 e. The van der Waals surface area contributed by atoms with Crippen LogP contribution in [0.2, 0.25) is 0 Å². The maximum absolute atomic E-state index is 6.79. The van der Waals surface area contributed by atoms with E-state index in [1.807, 2.05) is 0 Å². The highest BCUT2D eigenvalue weighted by Gasteiger charge is 2.27. The van der Waals surface area contributed by atoms with Crippen molar-refractivity contribution in [2.45, 2.75) is 97.2 Å². The van der Waals surface area contributed by atoms with Crippen LogP contribution in [0.25, 0.3) is 11.3 Å². The topological polar surface area (TPSA) is 51.4 Å². The Hall–Kier alpha value is -2.85. The first-order valence-corrected chi connectivity index (χ1v) is 14.4. The molecule has 2 aromatic carbocycles. The summed E-state index contributed by atoms with van der Waals surface area (Å²) in [5.74, 6) is 1.01. The molecule has 1 unspecified atom stereocenters. The van der Waals surface area contributed by atoms with Gasteiger partial charge in [-0.2, -0.15) is 0 Å². The minimum atomic E-state index is 0.297. The van der Waals surface area contributed by atoms with Gasteiger partial charge in [0.05, 0.1) is 11.8 Å². The predicted octanol–water partition coefficient (Wildman–Crippen LogP) is 7.59. The number of ether oxygens (including phenoxy) is 1. The quantitative estimate of drug-likeness (QED) is 0.326. The van der Waals surface area contributed by atoms with Crippen LogP contribution in [0.5, 0.6) is 5.75 Å². The minimum Gasteiger partial charge on any atom is -0.490 e. The van der Waals surface area contributed by atoms with Crippen LogP contribution in [0, 0.1) is 6.92 Å². The van der Waals surface area contributed by atoms with E-state index < -0.39 is 0 Å². The Bertz CT molecular complexity index is 1240. The molecule has 1 fully saturated rings. The van der Waals surface area contributed by atoms with Gasteiger partial charge in [0, 0.05) is 41.2 Å². The van der Waals surface area contributed by atoms with Crippen molar-refractivity contribution in [1.82, 2.24) is 9.88 Å². The molecule has 0 saturated heterocycles. The van der Waals surface area contributed by atoms with Crippen molar-refractivity contribution in [3.63, 3.8) is 0 Å². The average molecular weight is 498 g/mol. The molecule has 4 nitrogen and oxygen atoms in total. The zero-order valence-electron chi connectivity index (χ0n) is 23.1. The van der Waals surface area contributed by atoms with Gasteiger partial charge in [0.2, 0.25) is 0 Å². The summed E-state index contributed by atoms with van der Waals surface area (Å²) in [5, 5.41) is 0. The molecule has 37 heavy (non-hydrogen) atoms. The molecule has 4 heteroatoms. The van der Waals surface area contributed by atoms with E-state index in [-0.39, 0.29) is 0 Å². The molecule has 2 aliphatic carbocycles. The Labute approximate surface area is 223 Å². The third-order valence-corrected chi connectivity index (χ3v) is 8.59. The highest BCUT2D eigenvalue weighted by Crippen LogP contribution is 2.39. The number of aromatic nitrogens is 1. The molecule has 1 saturated carbocycles. The van der Waals surface area contributed by atoms with Gasteiger partial charge in [0.1, 0.15) is 5.75 Å². The molecule has 5 rings (SSSR count). The SMILES string of the molecule is CCc1ccc(N)c(CC)c1-c1cc(OC2CCCC2)c(CN(C)C2CCCc3ccccc32)c(C)n1. The Balaban J connectivity index is 1.55. The maximum Gasteiger partial charge on any atom is 0.128 e. The Morgan fingerprint density at radius 1 is 0.973 bits per heavy atom. The summed E-state index contributed by atoms with van der Waals surface area (Å²) >= 11 is 0. The van der Waals surface area contributed by atoms with Crippen molar-refractivity contribution >= 4 is 5.69 Å². The summed E-state index contributed by atoms with van der Waals surface area (Å²) in [6, 6.07) is 15.8. The summed E-state index contributed by atoms with van der Waals surface area (Å²) in [5.41, 5.74) is 17.3. The van der Waals surface area contributed by atoms with Gasteiger partial charge >= 0.3 is 0 Å². The van der Waals surface area contributed by atoms with Crippen molar-refractivity contribution in [2.75, 3.05) is 12.8 Å². The second kappa shape index (κ2) is 11.3. The van der Waals surface area contributed by atoms with Crippen LogP contribution in [0.1, 0.15) is 91.9 Å². The van der Waals surface area contributed by atoms with Gasteiger partial charge in [-0.25, -0.2) is 0 Å².